The Labute approximate surface area is 101 Å². The van der Waals surface area contributed by atoms with Crippen molar-refractivity contribution in [2.75, 3.05) is 0 Å². The highest BCUT2D eigenvalue weighted by molar-refractivity contribution is 7.89. The van der Waals surface area contributed by atoms with Gasteiger partial charge in [-0.05, 0) is 37.0 Å². The first-order valence-electron chi connectivity index (χ1n) is 5.21. The Hall–Kier alpha value is -0.580. The molecule has 1 aliphatic rings. The lowest BCUT2D eigenvalue weighted by atomic mass is 10.1. The van der Waals surface area contributed by atoms with E-state index in [0.717, 1.165) is 24.0 Å². The summed E-state index contributed by atoms with van der Waals surface area (Å²) in [5.41, 5.74) is 1.60. The van der Waals surface area contributed by atoms with E-state index in [0.29, 0.717) is 10.8 Å². The summed E-state index contributed by atoms with van der Waals surface area (Å²) >= 11 is 5.76. The fourth-order valence-corrected chi connectivity index (χ4v) is 3.46. The number of hydrogen-bond acceptors (Lipinski definition) is 2. The normalized spacial score (nSPS) is 16.4. The minimum atomic E-state index is -3.37. The molecule has 0 unspecified atom stereocenters. The van der Waals surface area contributed by atoms with E-state index >= 15 is 0 Å². The van der Waals surface area contributed by atoms with Gasteiger partial charge in [-0.3, -0.25) is 0 Å². The Morgan fingerprint density at radius 1 is 1.44 bits per heavy atom. The highest BCUT2D eigenvalue weighted by Gasteiger charge is 2.28. The van der Waals surface area contributed by atoms with Crippen LogP contribution in [-0.4, -0.2) is 14.5 Å². The molecule has 88 valence electrons. The molecule has 0 bridgehead atoms. The maximum atomic E-state index is 12.0. The van der Waals surface area contributed by atoms with Crippen LogP contribution in [0.1, 0.15) is 24.0 Å². The van der Waals surface area contributed by atoms with Crippen LogP contribution in [0.5, 0.6) is 0 Å². The van der Waals surface area contributed by atoms with E-state index in [2.05, 4.69) is 4.72 Å². The second-order valence-electron chi connectivity index (χ2n) is 4.07. The summed E-state index contributed by atoms with van der Waals surface area (Å²) in [5, 5.41) is 0. The van der Waals surface area contributed by atoms with Gasteiger partial charge in [-0.15, -0.1) is 11.6 Å². The molecule has 2 rings (SSSR count). The van der Waals surface area contributed by atoms with Crippen LogP contribution in [-0.2, 0) is 15.9 Å². The van der Waals surface area contributed by atoms with Crippen molar-refractivity contribution >= 4 is 21.6 Å². The lowest BCUT2D eigenvalue weighted by molar-refractivity contribution is 0.580. The van der Waals surface area contributed by atoms with Crippen LogP contribution in [0.2, 0.25) is 0 Å². The molecule has 1 aromatic rings. The highest BCUT2D eigenvalue weighted by atomic mass is 35.5. The Morgan fingerprint density at radius 2 is 2.12 bits per heavy atom. The number of nitrogens with one attached hydrogen (secondary N) is 1. The monoisotopic (exact) mass is 259 g/mol. The van der Waals surface area contributed by atoms with Crippen LogP contribution in [0.3, 0.4) is 0 Å². The minimum absolute atomic E-state index is 0.129. The standard InChI is InChI=1S/C11H14ClNO2S/c1-8-9(7-12)3-2-4-11(8)16(14,15)13-10-5-6-10/h2-4,10,13H,5-7H2,1H3. The summed E-state index contributed by atoms with van der Waals surface area (Å²) in [4.78, 5) is 0.345. The summed E-state index contributed by atoms with van der Waals surface area (Å²) in [5.74, 6) is 0.332. The Morgan fingerprint density at radius 3 is 2.69 bits per heavy atom. The van der Waals surface area contributed by atoms with Gasteiger partial charge in [-0.25, -0.2) is 13.1 Å². The summed E-state index contributed by atoms with van der Waals surface area (Å²) in [6.45, 7) is 1.79. The first-order chi connectivity index (χ1) is 7.54. The SMILES string of the molecule is Cc1c(CCl)cccc1S(=O)(=O)NC1CC1. The first kappa shape index (κ1) is 11.9. The lowest BCUT2D eigenvalue weighted by Crippen LogP contribution is -2.26. The topological polar surface area (TPSA) is 46.2 Å². The molecule has 0 radical (unpaired) electrons. The molecule has 0 heterocycles. The zero-order valence-electron chi connectivity index (χ0n) is 9.03. The van der Waals surface area contributed by atoms with Gasteiger partial charge in [0.25, 0.3) is 0 Å². The Bertz CT molecular complexity index is 495. The van der Waals surface area contributed by atoms with Gasteiger partial charge in [0.15, 0.2) is 0 Å². The van der Waals surface area contributed by atoms with Gasteiger partial charge in [-0.2, -0.15) is 0 Å². The third kappa shape index (κ3) is 2.39. The molecule has 16 heavy (non-hydrogen) atoms. The molecule has 0 aromatic heterocycles. The molecule has 0 amide bonds. The van der Waals surface area contributed by atoms with Gasteiger partial charge in [0.05, 0.1) is 4.90 Å². The number of hydrogen-bond donors (Lipinski definition) is 1. The van der Waals surface area contributed by atoms with Crippen LogP contribution < -0.4 is 4.72 Å². The van der Waals surface area contributed by atoms with Crippen molar-refractivity contribution in [1.82, 2.24) is 4.72 Å². The second kappa shape index (κ2) is 4.35. The first-order valence-corrected chi connectivity index (χ1v) is 7.23. The van der Waals surface area contributed by atoms with Gasteiger partial charge < -0.3 is 0 Å². The zero-order chi connectivity index (χ0) is 11.8. The number of alkyl halides is 1. The number of halogens is 1. The van der Waals surface area contributed by atoms with Crippen molar-refractivity contribution in [1.29, 1.82) is 0 Å². The fraction of sp³-hybridized carbons (Fsp3) is 0.455. The van der Waals surface area contributed by atoms with E-state index in [1.807, 2.05) is 6.07 Å². The molecule has 1 aromatic carbocycles. The van der Waals surface area contributed by atoms with E-state index in [-0.39, 0.29) is 6.04 Å². The summed E-state index contributed by atoms with van der Waals surface area (Å²) in [6.07, 6.45) is 1.88. The molecular weight excluding hydrogens is 246 g/mol. The lowest BCUT2D eigenvalue weighted by Gasteiger charge is -2.10. The number of sulfonamides is 1. The van der Waals surface area contributed by atoms with Crippen molar-refractivity contribution in [2.45, 2.75) is 36.6 Å². The van der Waals surface area contributed by atoms with Gasteiger partial charge in [0.2, 0.25) is 10.0 Å². The van der Waals surface area contributed by atoms with Crippen LogP contribution in [0, 0.1) is 6.92 Å². The van der Waals surface area contributed by atoms with Gasteiger partial charge in [-0.1, -0.05) is 12.1 Å². The number of benzene rings is 1. The zero-order valence-corrected chi connectivity index (χ0v) is 10.6. The molecule has 1 N–H and O–H groups in total. The summed E-state index contributed by atoms with van der Waals surface area (Å²) < 4.78 is 26.7. The predicted molar refractivity (Wildman–Crippen MR) is 64.1 cm³/mol. The predicted octanol–water partition coefficient (Wildman–Crippen LogP) is 2.17. The largest absolute Gasteiger partial charge is 0.241 e. The molecule has 3 nitrogen and oxygen atoms in total. The second-order valence-corrected chi connectivity index (χ2v) is 6.02. The molecular formula is C11H14ClNO2S. The molecule has 0 atom stereocenters. The van der Waals surface area contributed by atoms with Crippen LogP contribution >= 0.6 is 11.6 Å². The third-order valence-corrected chi connectivity index (χ3v) is 4.68. The van der Waals surface area contributed by atoms with Crippen molar-refractivity contribution in [2.24, 2.45) is 0 Å². The van der Waals surface area contributed by atoms with Crippen molar-refractivity contribution < 1.29 is 8.42 Å². The molecule has 0 aliphatic heterocycles. The van der Waals surface area contributed by atoms with E-state index in [9.17, 15) is 8.42 Å². The van der Waals surface area contributed by atoms with E-state index in [1.165, 1.54) is 0 Å². The van der Waals surface area contributed by atoms with Gasteiger partial charge >= 0.3 is 0 Å². The maximum Gasteiger partial charge on any atom is 0.241 e. The quantitative estimate of drug-likeness (QED) is 0.843. The van der Waals surface area contributed by atoms with Gasteiger partial charge in [0, 0.05) is 11.9 Å². The van der Waals surface area contributed by atoms with Crippen LogP contribution in [0.25, 0.3) is 0 Å². The van der Waals surface area contributed by atoms with Crippen LogP contribution in [0.4, 0.5) is 0 Å². The van der Waals surface area contributed by atoms with Crippen molar-refractivity contribution in [3.63, 3.8) is 0 Å². The van der Waals surface area contributed by atoms with E-state index in [1.54, 1.807) is 19.1 Å². The molecule has 1 fully saturated rings. The average Bonchev–Trinajstić information content (AvgIpc) is 3.01. The molecule has 5 heteroatoms. The third-order valence-electron chi connectivity index (χ3n) is 2.73. The molecule has 1 saturated carbocycles. The smallest absolute Gasteiger partial charge is 0.208 e. The van der Waals surface area contributed by atoms with Crippen molar-refractivity contribution in [3.05, 3.63) is 29.3 Å². The average molecular weight is 260 g/mol. The number of rotatable bonds is 4. The van der Waals surface area contributed by atoms with Crippen molar-refractivity contribution in [3.8, 4) is 0 Å². The summed E-state index contributed by atoms with van der Waals surface area (Å²) in [7, 11) is -3.37. The van der Waals surface area contributed by atoms with Crippen LogP contribution in [0.15, 0.2) is 23.1 Å². The summed E-state index contributed by atoms with van der Waals surface area (Å²) in [6, 6.07) is 5.32. The fourth-order valence-electron chi connectivity index (χ4n) is 1.58. The minimum Gasteiger partial charge on any atom is -0.208 e. The highest BCUT2D eigenvalue weighted by Crippen LogP contribution is 2.25. The van der Waals surface area contributed by atoms with E-state index < -0.39 is 10.0 Å². The van der Waals surface area contributed by atoms with E-state index in [4.69, 9.17) is 11.6 Å². The molecule has 1 aliphatic carbocycles. The Balaban J connectivity index is 2.38. The molecule has 0 saturated heterocycles. The maximum absolute atomic E-state index is 12.0. The van der Waals surface area contributed by atoms with Gasteiger partial charge in [0.1, 0.15) is 0 Å². The Kier molecular flexibility index (Phi) is 3.24. The molecule has 0 spiro atoms.